The van der Waals surface area contributed by atoms with Crippen LogP contribution in [0.3, 0.4) is 0 Å². The molecule has 25 heavy (non-hydrogen) atoms. The van der Waals surface area contributed by atoms with E-state index in [0.717, 1.165) is 25.9 Å². The molecule has 0 aliphatic carbocycles. The Morgan fingerprint density at radius 2 is 2.12 bits per heavy atom. The molecular weight excluding hydrogens is 322 g/mol. The molecule has 0 saturated carbocycles. The van der Waals surface area contributed by atoms with Gasteiger partial charge in [0, 0.05) is 32.8 Å². The number of nitrogens with zero attached hydrogens (tertiary/aromatic N) is 1. The molecular formula is C18H27N3O4. The summed E-state index contributed by atoms with van der Waals surface area (Å²) in [5.74, 6) is 0.360. The molecule has 1 atom stereocenters. The molecule has 1 aromatic rings. The summed E-state index contributed by atoms with van der Waals surface area (Å²) >= 11 is 0. The maximum atomic E-state index is 12.4. The van der Waals surface area contributed by atoms with Crippen molar-refractivity contribution in [2.24, 2.45) is 0 Å². The van der Waals surface area contributed by atoms with E-state index in [1.807, 2.05) is 0 Å². The van der Waals surface area contributed by atoms with Crippen LogP contribution in [-0.2, 0) is 9.53 Å². The molecule has 1 unspecified atom stereocenters. The van der Waals surface area contributed by atoms with E-state index < -0.39 is 0 Å². The Morgan fingerprint density at radius 3 is 2.76 bits per heavy atom. The molecule has 1 aliphatic rings. The maximum Gasteiger partial charge on any atom is 0.321 e. The van der Waals surface area contributed by atoms with Crippen LogP contribution in [0, 0.1) is 0 Å². The molecule has 7 nitrogen and oxygen atoms in total. The molecule has 0 aromatic heterocycles. The van der Waals surface area contributed by atoms with Gasteiger partial charge < -0.3 is 25.0 Å². The van der Waals surface area contributed by atoms with Gasteiger partial charge in [-0.1, -0.05) is 0 Å². The number of hydrogen-bond donors (Lipinski definition) is 2. The summed E-state index contributed by atoms with van der Waals surface area (Å²) in [6.45, 7) is 2.86. The summed E-state index contributed by atoms with van der Waals surface area (Å²) in [7, 11) is 3.29. The minimum Gasteiger partial charge on any atom is -0.495 e. The number of urea groups is 1. The van der Waals surface area contributed by atoms with Crippen LogP contribution in [-0.4, -0.2) is 50.3 Å². The van der Waals surface area contributed by atoms with Crippen molar-refractivity contribution < 1.29 is 19.1 Å². The number of ether oxygens (including phenoxy) is 2. The van der Waals surface area contributed by atoms with Gasteiger partial charge in [0.1, 0.15) is 5.75 Å². The van der Waals surface area contributed by atoms with E-state index in [2.05, 4.69) is 10.6 Å². The highest BCUT2D eigenvalue weighted by Gasteiger charge is 2.17. The fourth-order valence-corrected chi connectivity index (χ4v) is 2.77. The summed E-state index contributed by atoms with van der Waals surface area (Å²) < 4.78 is 11.0. The van der Waals surface area contributed by atoms with Crippen LogP contribution in [0.15, 0.2) is 18.2 Å². The zero-order valence-corrected chi connectivity index (χ0v) is 15.1. The molecule has 0 bridgehead atoms. The minimum absolute atomic E-state index is 0.174. The Hall–Kier alpha value is -2.28. The van der Waals surface area contributed by atoms with Gasteiger partial charge >= 0.3 is 6.03 Å². The van der Waals surface area contributed by atoms with Crippen LogP contribution in [0.2, 0.25) is 0 Å². The third-order valence-electron chi connectivity index (χ3n) is 4.17. The summed E-state index contributed by atoms with van der Waals surface area (Å²) in [5, 5.41) is 5.52. The second-order valence-corrected chi connectivity index (χ2v) is 6.23. The third-order valence-corrected chi connectivity index (χ3v) is 4.17. The van der Waals surface area contributed by atoms with Crippen molar-refractivity contribution in [1.29, 1.82) is 0 Å². The van der Waals surface area contributed by atoms with Gasteiger partial charge in [-0.15, -0.1) is 0 Å². The number of carbonyl (C=O) groups is 2. The van der Waals surface area contributed by atoms with Crippen LogP contribution in [0.5, 0.6) is 5.75 Å². The lowest BCUT2D eigenvalue weighted by atomic mass is 10.1. The largest absolute Gasteiger partial charge is 0.495 e. The fourth-order valence-electron chi connectivity index (χ4n) is 2.77. The quantitative estimate of drug-likeness (QED) is 0.827. The lowest BCUT2D eigenvalue weighted by Gasteiger charge is -2.25. The number of methoxy groups -OCH3 is 1. The number of rotatable bonds is 6. The Balaban J connectivity index is 1.94. The fraction of sp³-hybridized carbons (Fsp3) is 0.556. The predicted octanol–water partition coefficient (Wildman–Crippen LogP) is 3.08. The molecule has 2 rings (SSSR count). The maximum absolute atomic E-state index is 12.4. The van der Waals surface area contributed by atoms with Crippen molar-refractivity contribution in [3.8, 4) is 5.75 Å². The molecule has 0 radical (unpaired) electrons. The van der Waals surface area contributed by atoms with Crippen LogP contribution in [0.1, 0.15) is 32.6 Å². The first-order valence-corrected chi connectivity index (χ1v) is 8.59. The molecule has 3 amide bonds. The van der Waals surface area contributed by atoms with Crippen molar-refractivity contribution in [1.82, 2.24) is 4.90 Å². The first kappa shape index (κ1) is 19.1. The van der Waals surface area contributed by atoms with Crippen molar-refractivity contribution in [2.75, 3.05) is 37.9 Å². The van der Waals surface area contributed by atoms with Gasteiger partial charge in [0.15, 0.2) is 0 Å². The lowest BCUT2D eigenvalue weighted by molar-refractivity contribution is -0.114. The van der Waals surface area contributed by atoms with Gasteiger partial charge in [-0.3, -0.25) is 4.79 Å². The van der Waals surface area contributed by atoms with E-state index in [1.54, 1.807) is 30.1 Å². The van der Waals surface area contributed by atoms with Gasteiger partial charge in [-0.05, 0) is 43.9 Å². The number of amides is 3. The Morgan fingerprint density at radius 1 is 1.32 bits per heavy atom. The van der Waals surface area contributed by atoms with Gasteiger partial charge in [0.2, 0.25) is 5.91 Å². The van der Waals surface area contributed by atoms with E-state index in [0.29, 0.717) is 23.7 Å². The normalized spacial score (nSPS) is 16.8. The van der Waals surface area contributed by atoms with E-state index in [4.69, 9.17) is 9.47 Å². The SMILES string of the molecule is COc1ccc(NC(C)=O)cc1NC(=O)N(C)CCC1CCCCO1. The number of benzene rings is 1. The third kappa shape index (κ3) is 5.94. The minimum atomic E-state index is -0.228. The Bertz CT molecular complexity index is 600. The van der Waals surface area contributed by atoms with Gasteiger partial charge in [0.05, 0.1) is 18.9 Å². The number of nitrogens with one attached hydrogen (secondary N) is 2. The zero-order valence-electron chi connectivity index (χ0n) is 15.1. The first-order valence-electron chi connectivity index (χ1n) is 8.59. The molecule has 2 N–H and O–H groups in total. The highest BCUT2D eigenvalue weighted by Crippen LogP contribution is 2.28. The summed E-state index contributed by atoms with van der Waals surface area (Å²) in [6.07, 6.45) is 4.43. The lowest BCUT2D eigenvalue weighted by Crippen LogP contribution is -2.34. The van der Waals surface area contributed by atoms with E-state index in [-0.39, 0.29) is 18.0 Å². The molecule has 1 saturated heterocycles. The molecule has 1 fully saturated rings. The van der Waals surface area contributed by atoms with Gasteiger partial charge in [-0.2, -0.15) is 0 Å². The second-order valence-electron chi connectivity index (χ2n) is 6.23. The molecule has 138 valence electrons. The summed E-state index contributed by atoms with van der Waals surface area (Å²) in [5.41, 5.74) is 1.11. The molecule has 0 spiro atoms. The van der Waals surface area contributed by atoms with E-state index in [9.17, 15) is 9.59 Å². The predicted molar refractivity (Wildman–Crippen MR) is 97.2 cm³/mol. The highest BCUT2D eigenvalue weighted by atomic mass is 16.5. The zero-order chi connectivity index (χ0) is 18.2. The van der Waals surface area contributed by atoms with Crippen molar-refractivity contribution >= 4 is 23.3 Å². The summed E-state index contributed by atoms with van der Waals surface area (Å²) in [6, 6.07) is 4.88. The van der Waals surface area contributed by atoms with Crippen molar-refractivity contribution in [2.45, 2.75) is 38.7 Å². The topological polar surface area (TPSA) is 79.9 Å². The number of hydrogen-bond acceptors (Lipinski definition) is 4. The van der Waals surface area contributed by atoms with Crippen LogP contribution >= 0.6 is 0 Å². The second kappa shape index (κ2) is 9.27. The van der Waals surface area contributed by atoms with Crippen LogP contribution in [0.4, 0.5) is 16.2 Å². The molecule has 1 aromatic carbocycles. The number of carbonyl (C=O) groups excluding carboxylic acids is 2. The molecule has 1 aliphatic heterocycles. The Labute approximate surface area is 148 Å². The van der Waals surface area contributed by atoms with Crippen LogP contribution in [0.25, 0.3) is 0 Å². The smallest absolute Gasteiger partial charge is 0.321 e. The highest BCUT2D eigenvalue weighted by molar-refractivity contribution is 5.94. The average Bonchev–Trinajstić information content (AvgIpc) is 2.60. The first-order chi connectivity index (χ1) is 12.0. The van der Waals surface area contributed by atoms with E-state index >= 15 is 0 Å². The average molecular weight is 349 g/mol. The van der Waals surface area contributed by atoms with Crippen LogP contribution < -0.4 is 15.4 Å². The summed E-state index contributed by atoms with van der Waals surface area (Å²) in [4.78, 5) is 25.2. The van der Waals surface area contributed by atoms with Crippen molar-refractivity contribution in [3.05, 3.63) is 18.2 Å². The number of anilines is 2. The monoisotopic (exact) mass is 349 g/mol. The van der Waals surface area contributed by atoms with Crippen molar-refractivity contribution in [3.63, 3.8) is 0 Å². The molecule has 7 heteroatoms. The van der Waals surface area contributed by atoms with E-state index in [1.165, 1.54) is 20.5 Å². The van der Waals surface area contributed by atoms with Gasteiger partial charge in [0.25, 0.3) is 0 Å². The van der Waals surface area contributed by atoms with Gasteiger partial charge in [-0.25, -0.2) is 4.79 Å². The standard InChI is InChI=1S/C18H27N3O4/c1-13(22)19-14-7-8-17(24-3)16(12-14)20-18(23)21(2)10-9-15-6-4-5-11-25-15/h7-8,12,15H,4-6,9-11H2,1-3H3,(H,19,22)(H,20,23). The molecule has 1 heterocycles. The Kier molecular flexibility index (Phi) is 7.06.